The van der Waals surface area contributed by atoms with Gasteiger partial charge in [0.05, 0.1) is 0 Å². The van der Waals surface area contributed by atoms with Crippen LogP contribution in [0.2, 0.25) is 0 Å². The Morgan fingerprint density at radius 1 is 0.917 bits per heavy atom. The number of nitrogens with zero attached hydrogens (tertiary/aromatic N) is 4. The summed E-state index contributed by atoms with van der Waals surface area (Å²) in [6, 6.07) is 0. The molecule has 0 aromatic rings. The van der Waals surface area contributed by atoms with Gasteiger partial charge in [-0.15, -0.1) is 0 Å². The summed E-state index contributed by atoms with van der Waals surface area (Å²) in [6.07, 6.45) is 9.98. The van der Waals surface area contributed by atoms with Crippen molar-refractivity contribution < 1.29 is 0 Å². The van der Waals surface area contributed by atoms with Crippen LogP contribution in [-0.4, -0.2) is 11.4 Å². The Morgan fingerprint density at radius 2 is 1.33 bits per heavy atom. The van der Waals surface area contributed by atoms with Crippen molar-refractivity contribution in [1.29, 1.82) is 10.5 Å². The van der Waals surface area contributed by atoms with Crippen molar-refractivity contribution in [2.75, 3.05) is 0 Å². The molecule has 0 saturated heterocycles. The Kier molecular flexibility index (Phi) is 2.53. The maximum absolute atomic E-state index is 8.27. The fourth-order valence-electron chi connectivity index (χ4n) is 0.761. The van der Waals surface area contributed by atoms with E-state index < -0.39 is 0 Å². The number of hydrogen-bond acceptors (Lipinski definition) is 4. The second-order valence-electron chi connectivity index (χ2n) is 1.91. The number of hydrogen-bond donors (Lipinski definition) is 0. The van der Waals surface area contributed by atoms with Crippen molar-refractivity contribution in [2.45, 2.75) is 0 Å². The van der Waals surface area contributed by atoms with E-state index in [1.165, 1.54) is 0 Å². The molecule has 56 valence electrons. The van der Waals surface area contributed by atoms with Crippen LogP contribution in [0.15, 0.2) is 34.3 Å². The van der Waals surface area contributed by atoms with Crippen LogP contribution < -0.4 is 0 Å². The molecule has 0 radical (unpaired) electrons. The van der Waals surface area contributed by atoms with Crippen molar-refractivity contribution >= 4 is 11.4 Å². The van der Waals surface area contributed by atoms with Crippen LogP contribution in [0.3, 0.4) is 0 Å². The van der Waals surface area contributed by atoms with Gasteiger partial charge in [0.1, 0.15) is 11.4 Å². The van der Waals surface area contributed by atoms with Gasteiger partial charge in [-0.25, -0.2) is 0 Å². The maximum Gasteiger partial charge on any atom is 0.206 e. The van der Waals surface area contributed by atoms with Crippen molar-refractivity contribution in [3.05, 3.63) is 24.3 Å². The second-order valence-corrected chi connectivity index (χ2v) is 1.91. The molecule has 0 aliphatic heterocycles. The van der Waals surface area contributed by atoms with Crippen LogP contribution in [0.5, 0.6) is 0 Å². The molecule has 4 nitrogen and oxygen atoms in total. The fourth-order valence-corrected chi connectivity index (χ4v) is 0.761. The largest absolute Gasteiger partial charge is 0.206 e. The Balaban J connectivity index is 3.05. The molecule has 0 atom stereocenters. The molecule has 0 aromatic carbocycles. The molecule has 0 fully saturated rings. The monoisotopic (exact) mass is 156 g/mol. The van der Waals surface area contributed by atoms with Crippen molar-refractivity contribution in [3.8, 4) is 12.4 Å². The zero-order valence-electron chi connectivity index (χ0n) is 6.10. The molecular weight excluding hydrogens is 152 g/mol. The predicted molar refractivity (Wildman–Crippen MR) is 44.4 cm³/mol. The lowest BCUT2D eigenvalue weighted by atomic mass is 10.1. The molecule has 0 bridgehead atoms. The molecule has 0 aromatic heterocycles. The van der Waals surface area contributed by atoms with Gasteiger partial charge in [0.25, 0.3) is 0 Å². The first-order valence-corrected chi connectivity index (χ1v) is 3.17. The van der Waals surface area contributed by atoms with E-state index in [0.717, 1.165) is 0 Å². The second kappa shape index (κ2) is 3.85. The topological polar surface area (TPSA) is 72.3 Å². The molecule has 4 heteroatoms. The minimum atomic E-state index is 0.418. The molecule has 0 unspecified atom stereocenters. The van der Waals surface area contributed by atoms with Crippen molar-refractivity contribution in [1.82, 2.24) is 0 Å². The maximum atomic E-state index is 8.27. The van der Waals surface area contributed by atoms with Gasteiger partial charge in [0.2, 0.25) is 12.4 Å². The van der Waals surface area contributed by atoms with Gasteiger partial charge in [0.15, 0.2) is 0 Å². The molecule has 1 aliphatic carbocycles. The van der Waals surface area contributed by atoms with Crippen LogP contribution in [-0.2, 0) is 0 Å². The minimum Gasteiger partial charge on any atom is -0.171 e. The first-order valence-electron chi connectivity index (χ1n) is 3.17. The quantitative estimate of drug-likeness (QED) is 0.387. The van der Waals surface area contributed by atoms with Crippen molar-refractivity contribution in [2.24, 2.45) is 9.98 Å². The van der Waals surface area contributed by atoms with Gasteiger partial charge in [-0.05, 0) is 12.2 Å². The van der Waals surface area contributed by atoms with E-state index in [2.05, 4.69) is 9.98 Å². The van der Waals surface area contributed by atoms with Crippen LogP contribution in [0, 0.1) is 22.9 Å². The molecule has 0 saturated carbocycles. The van der Waals surface area contributed by atoms with Gasteiger partial charge >= 0.3 is 0 Å². The number of nitriles is 2. The molecule has 0 amide bonds. The fraction of sp³-hybridized carbons (Fsp3) is 0. The third kappa shape index (κ3) is 1.65. The van der Waals surface area contributed by atoms with E-state index in [9.17, 15) is 0 Å². The number of allylic oxidation sites excluding steroid dienone is 4. The van der Waals surface area contributed by atoms with E-state index >= 15 is 0 Å². The molecule has 1 rings (SSSR count). The van der Waals surface area contributed by atoms with E-state index in [1.807, 2.05) is 0 Å². The van der Waals surface area contributed by atoms with Gasteiger partial charge in [-0.3, -0.25) is 0 Å². The molecule has 1 aliphatic rings. The summed E-state index contributed by atoms with van der Waals surface area (Å²) in [5.74, 6) is 0. The lowest BCUT2D eigenvalue weighted by molar-refractivity contribution is 1.43. The highest BCUT2D eigenvalue weighted by Crippen LogP contribution is 1.97. The van der Waals surface area contributed by atoms with Gasteiger partial charge in [-0.1, -0.05) is 12.2 Å². The summed E-state index contributed by atoms with van der Waals surface area (Å²) in [7, 11) is 0. The van der Waals surface area contributed by atoms with Crippen LogP contribution in [0.25, 0.3) is 0 Å². The first-order chi connectivity index (χ1) is 5.88. The van der Waals surface area contributed by atoms with E-state index in [-0.39, 0.29) is 0 Å². The Hall–Kier alpha value is -2.20. The standard InChI is InChI=1S/C8H4N4/c9-5-11-7-3-1-2-4-8(7)12-6-10/h1-4H. The highest BCUT2D eigenvalue weighted by molar-refractivity contribution is 6.51. The van der Waals surface area contributed by atoms with Crippen LogP contribution in [0.4, 0.5) is 0 Å². The van der Waals surface area contributed by atoms with Gasteiger partial charge in [0, 0.05) is 0 Å². The Morgan fingerprint density at radius 3 is 1.67 bits per heavy atom. The van der Waals surface area contributed by atoms with Crippen LogP contribution >= 0.6 is 0 Å². The number of rotatable bonds is 0. The number of aliphatic imine (C=N–C) groups is 2. The highest BCUT2D eigenvalue weighted by atomic mass is 14.8. The molecule has 0 N–H and O–H groups in total. The normalized spacial score (nSPS) is 20.8. The molecular formula is C8H4N4. The SMILES string of the molecule is N#CN=C1C=CC=CC1=NC#N. The average molecular weight is 156 g/mol. The van der Waals surface area contributed by atoms with E-state index in [4.69, 9.17) is 10.5 Å². The first kappa shape index (κ1) is 7.90. The lowest BCUT2D eigenvalue weighted by Gasteiger charge is -1.98. The van der Waals surface area contributed by atoms with Crippen LogP contribution in [0.1, 0.15) is 0 Å². The lowest BCUT2D eigenvalue weighted by Crippen LogP contribution is -2.10. The Labute approximate surface area is 69.5 Å². The molecule has 0 spiro atoms. The minimum absolute atomic E-state index is 0.418. The third-order valence-electron chi connectivity index (χ3n) is 1.22. The summed E-state index contributed by atoms with van der Waals surface area (Å²) in [6.45, 7) is 0. The van der Waals surface area contributed by atoms with Gasteiger partial charge < -0.3 is 0 Å². The van der Waals surface area contributed by atoms with E-state index in [1.54, 1.807) is 36.7 Å². The molecule has 0 heterocycles. The van der Waals surface area contributed by atoms with Gasteiger partial charge in [-0.2, -0.15) is 20.5 Å². The summed E-state index contributed by atoms with van der Waals surface area (Å²) in [5, 5.41) is 16.5. The summed E-state index contributed by atoms with van der Waals surface area (Å²) in [5.41, 5.74) is 0.836. The zero-order valence-corrected chi connectivity index (χ0v) is 6.10. The summed E-state index contributed by atoms with van der Waals surface area (Å²) >= 11 is 0. The highest BCUT2D eigenvalue weighted by Gasteiger charge is 2.04. The van der Waals surface area contributed by atoms with E-state index in [0.29, 0.717) is 11.4 Å². The summed E-state index contributed by atoms with van der Waals surface area (Å²) in [4.78, 5) is 6.97. The molecule has 12 heavy (non-hydrogen) atoms. The zero-order chi connectivity index (χ0) is 8.81. The third-order valence-corrected chi connectivity index (χ3v) is 1.22. The average Bonchev–Trinajstić information content (AvgIpc) is 2.09. The van der Waals surface area contributed by atoms with Crippen molar-refractivity contribution in [3.63, 3.8) is 0 Å². The Bertz CT molecular complexity index is 333. The predicted octanol–water partition coefficient (Wildman–Crippen LogP) is 0.957. The summed E-state index contributed by atoms with van der Waals surface area (Å²) < 4.78 is 0. The smallest absolute Gasteiger partial charge is 0.171 e.